The van der Waals surface area contributed by atoms with Crippen LogP contribution in [0.15, 0.2) is 30.6 Å². The number of amides is 2. The quantitative estimate of drug-likeness (QED) is 0.856. The van der Waals surface area contributed by atoms with Gasteiger partial charge in [-0.1, -0.05) is 6.07 Å². The van der Waals surface area contributed by atoms with Crippen LogP contribution in [0.25, 0.3) is 0 Å². The number of anilines is 1. The molecule has 0 unspecified atom stereocenters. The minimum Gasteiger partial charge on any atom is -0.349 e. The van der Waals surface area contributed by atoms with Crippen molar-refractivity contribution < 1.29 is 9.59 Å². The molecular weight excluding hydrogens is 304 g/mol. The summed E-state index contributed by atoms with van der Waals surface area (Å²) in [5.41, 5.74) is 3.26. The van der Waals surface area contributed by atoms with E-state index in [-0.39, 0.29) is 11.8 Å². The van der Waals surface area contributed by atoms with Crippen molar-refractivity contribution in [1.82, 2.24) is 15.1 Å². The minimum absolute atomic E-state index is 0.0833. The van der Waals surface area contributed by atoms with Crippen molar-refractivity contribution in [2.24, 2.45) is 0 Å². The number of carbonyl (C=O) groups is 2. The zero-order valence-corrected chi connectivity index (χ0v) is 14.0. The van der Waals surface area contributed by atoms with E-state index >= 15 is 0 Å². The van der Waals surface area contributed by atoms with E-state index in [4.69, 9.17) is 0 Å². The van der Waals surface area contributed by atoms with Crippen LogP contribution in [0.5, 0.6) is 0 Å². The van der Waals surface area contributed by atoms with Gasteiger partial charge in [-0.05, 0) is 49.9 Å². The molecule has 1 aromatic heterocycles. The number of nitrogens with zero attached hydrogens (tertiary/aromatic N) is 2. The molecule has 0 aliphatic heterocycles. The van der Waals surface area contributed by atoms with Crippen LogP contribution in [-0.4, -0.2) is 27.6 Å². The molecule has 126 valence electrons. The highest BCUT2D eigenvalue weighted by molar-refractivity contribution is 5.98. The molecular formula is C18H22N4O2. The average molecular weight is 326 g/mol. The van der Waals surface area contributed by atoms with Gasteiger partial charge in [0.1, 0.15) is 0 Å². The highest BCUT2D eigenvalue weighted by Gasteiger charge is 2.24. The Morgan fingerprint density at radius 3 is 2.75 bits per heavy atom. The van der Waals surface area contributed by atoms with Crippen LogP contribution in [0.2, 0.25) is 0 Å². The molecule has 0 spiro atoms. The van der Waals surface area contributed by atoms with Gasteiger partial charge in [0.05, 0.1) is 6.20 Å². The summed E-state index contributed by atoms with van der Waals surface area (Å²) in [6, 6.07) is 5.70. The molecule has 6 heteroatoms. The predicted octanol–water partition coefficient (Wildman–Crippen LogP) is 2.42. The van der Waals surface area contributed by atoms with Gasteiger partial charge in [0, 0.05) is 36.5 Å². The van der Waals surface area contributed by atoms with Crippen molar-refractivity contribution >= 4 is 17.5 Å². The molecule has 2 N–H and O–H groups in total. The maximum absolute atomic E-state index is 12.2. The lowest BCUT2D eigenvalue weighted by molar-refractivity contribution is -0.116. The van der Waals surface area contributed by atoms with Gasteiger partial charge in [0.2, 0.25) is 5.91 Å². The molecule has 0 saturated heterocycles. The molecule has 2 aromatic rings. The molecule has 1 aromatic carbocycles. The normalized spacial score (nSPS) is 13.6. The Bertz CT molecular complexity index is 762. The van der Waals surface area contributed by atoms with Crippen molar-refractivity contribution in [3.05, 3.63) is 47.3 Å². The largest absolute Gasteiger partial charge is 0.349 e. The van der Waals surface area contributed by atoms with Crippen LogP contribution < -0.4 is 10.6 Å². The van der Waals surface area contributed by atoms with E-state index in [2.05, 4.69) is 15.7 Å². The van der Waals surface area contributed by atoms with Crippen molar-refractivity contribution in [2.45, 2.75) is 45.7 Å². The molecule has 0 atom stereocenters. The maximum atomic E-state index is 12.2. The maximum Gasteiger partial charge on any atom is 0.251 e. The highest BCUT2D eigenvalue weighted by atomic mass is 16.2. The van der Waals surface area contributed by atoms with Crippen LogP contribution in [0.1, 0.15) is 40.7 Å². The number of hydrogen-bond donors (Lipinski definition) is 2. The first-order valence-corrected chi connectivity index (χ1v) is 8.21. The number of hydrogen-bond acceptors (Lipinski definition) is 3. The second kappa shape index (κ2) is 6.86. The molecule has 1 heterocycles. The van der Waals surface area contributed by atoms with E-state index in [0.29, 0.717) is 30.3 Å². The van der Waals surface area contributed by atoms with Crippen LogP contribution in [0.4, 0.5) is 5.69 Å². The van der Waals surface area contributed by atoms with Gasteiger partial charge in [0.15, 0.2) is 0 Å². The van der Waals surface area contributed by atoms with Gasteiger partial charge in [0.25, 0.3) is 5.91 Å². The molecule has 0 bridgehead atoms. The monoisotopic (exact) mass is 326 g/mol. The summed E-state index contributed by atoms with van der Waals surface area (Å²) < 4.78 is 1.75. The first-order chi connectivity index (χ1) is 11.5. The topological polar surface area (TPSA) is 76.0 Å². The molecule has 1 saturated carbocycles. The Morgan fingerprint density at radius 1 is 1.29 bits per heavy atom. The molecule has 24 heavy (non-hydrogen) atoms. The second-order valence-corrected chi connectivity index (χ2v) is 6.36. The zero-order valence-electron chi connectivity index (χ0n) is 14.0. The summed E-state index contributed by atoms with van der Waals surface area (Å²) in [5, 5.41) is 10.0. The lowest BCUT2D eigenvalue weighted by atomic mass is 10.1. The predicted molar refractivity (Wildman–Crippen MR) is 91.9 cm³/mol. The average Bonchev–Trinajstić information content (AvgIpc) is 3.26. The fraction of sp³-hybridized carbons (Fsp3) is 0.389. The summed E-state index contributed by atoms with van der Waals surface area (Å²) in [7, 11) is 0. The second-order valence-electron chi connectivity index (χ2n) is 6.36. The number of carbonyl (C=O) groups excluding carboxylic acids is 2. The smallest absolute Gasteiger partial charge is 0.251 e. The molecule has 6 nitrogen and oxygen atoms in total. The fourth-order valence-electron chi connectivity index (χ4n) is 2.41. The van der Waals surface area contributed by atoms with Gasteiger partial charge >= 0.3 is 0 Å². The number of nitrogens with one attached hydrogen (secondary N) is 2. The number of benzene rings is 1. The van der Waals surface area contributed by atoms with Crippen molar-refractivity contribution in [2.75, 3.05) is 5.32 Å². The Morgan fingerprint density at radius 2 is 2.08 bits per heavy atom. The van der Waals surface area contributed by atoms with Crippen LogP contribution in [-0.2, 0) is 11.3 Å². The zero-order chi connectivity index (χ0) is 17.1. The number of aromatic nitrogens is 2. The first-order valence-electron chi connectivity index (χ1n) is 8.21. The van der Waals surface area contributed by atoms with E-state index in [1.54, 1.807) is 23.0 Å². The summed E-state index contributed by atoms with van der Waals surface area (Å²) in [4.78, 5) is 24.3. The van der Waals surface area contributed by atoms with Gasteiger partial charge in [-0.15, -0.1) is 0 Å². The molecule has 3 rings (SSSR count). The lowest BCUT2D eigenvalue weighted by Crippen LogP contribution is -2.25. The minimum atomic E-state index is -0.0917. The third kappa shape index (κ3) is 4.22. The lowest BCUT2D eigenvalue weighted by Gasteiger charge is -2.11. The SMILES string of the molecule is Cc1cnn(CCC(=O)Nc2cc(C(=O)NC3CC3)ccc2C)c1. The summed E-state index contributed by atoms with van der Waals surface area (Å²) in [6.07, 6.45) is 6.10. The fourth-order valence-corrected chi connectivity index (χ4v) is 2.41. The molecule has 1 aliphatic carbocycles. The molecule has 1 aliphatic rings. The van der Waals surface area contributed by atoms with Crippen LogP contribution in [0, 0.1) is 13.8 Å². The molecule has 1 fully saturated rings. The molecule has 2 amide bonds. The summed E-state index contributed by atoms with van der Waals surface area (Å²) >= 11 is 0. The third-order valence-electron chi connectivity index (χ3n) is 4.02. The number of aryl methyl sites for hydroxylation is 3. The van der Waals surface area contributed by atoms with E-state index in [1.165, 1.54) is 0 Å². The summed E-state index contributed by atoms with van der Waals surface area (Å²) in [5.74, 6) is -0.175. The van der Waals surface area contributed by atoms with Crippen molar-refractivity contribution in [3.8, 4) is 0 Å². The Hall–Kier alpha value is -2.63. The first kappa shape index (κ1) is 16.2. The molecule has 0 radical (unpaired) electrons. The van der Waals surface area contributed by atoms with E-state index in [0.717, 1.165) is 24.0 Å². The van der Waals surface area contributed by atoms with Gasteiger partial charge < -0.3 is 10.6 Å². The van der Waals surface area contributed by atoms with E-state index in [9.17, 15) is 9.59 Å². The van der Waals surface area contributed by atoms with Gasteiger partial charge in [-0.2, -0.15) is 5.10 Å². The number of rotatable bonds is 6. The van der Waals surface area contributed by atoms with Crippen molar-refractivity contribution in [3.63, 3.8) is 0 Å². The van der Waals surface area contributed by atoms with Crippen LogP contribution >= 0.6 is 0 Å². The Labute approximate surface area is 141 Å². The van der Waals surface area contributed by atoms with Gasteiger partial charge in [-0.3, -0.25) is 14.3 Å². The summed E-state index contributed by atoms with van der Waals surface area (Å²) in [6.45, 7) is 4.40. The van der Waals surface area contributed by atoms with E-state index < -0.39 is 0 Å². The highest BCUT2D eigenvalue weighted by Crippen LogP contribution is 2.21. The Balaban J connectivity index is 1.60. The van der Waals surface area contributed by atoms with Gasteiger partial charge in [-0.25, -0.2) is 0 Å². The van der Waals surface area contributed by atoms with Crippen LogP contribution in [0.3, 0.4) is 0 Å². The standard InChI is InChI=1S/C18H22N4O2/c1-12-10-19-22(11-12)8-7-17(23)21-16-9-14(4-3-13(16)2)18(24)20-15-5-6-15/h3-4,9-11,15H,5-8H2,1-2H3,(H,20,24)(H,21,23). The third-order valence-corrected chi connectivity index (χ3v) is 4.02. The van der Waals surface area contributed by atoms with E-state index in [1.807, 2.05) is 26.1 Å². The Kier molecular flexibility index (Phi) is 4.64. The van der Waals surface area contributed by atoms with Crippen molar-refractivity contribution in [1.29, 1.82) is 0 Å².